The van der Waals surface area contributed by atoms with Crippen molar-refractivity contribution < 1.29 is 4.79 Å². The first-order valence-corrected chi connectivity index (χ1v) is 6.46. The molecule has 0 atom stereocenters. The first-order valence-electron chi connectivity index (χ1n) is 6.46. The third-order valence-corrected chi connectivity index (χ3v) is 3.07. The fourth-order valence-corrected chi connectivity index (χ4v) is 1.93. The molecule has 2 rings (SSSR count). The van der Waals surface area contributed by atoms with Crippen LogP contribution >= 0.6 is 0 Å². The van der Waals surface area contributed by atoms with Gasteiger partial charge in [0.1, 0.15) is 0 Å². The summed E-state index contributed by atoms with van der Waals surface area (Å²) in [6, 6.07) is 15.5. The lowest BCUT2D eigenvalue weighted by molar-refractivity contribution is 0.1000. The van der Waals surface area contributed by atoms with Crippen LogP contribution in [0.4, 0.5) is 11.4 Å². The van der Waals surface area contributed by atoms with Crippen LogP contribution in [0.2, 0.25) is 0 Å². The topological polar surface area (TPSA) is 58.4 Å². The minimum Gasteiger partial charge on any atom is -0.381 e. The van der Waals surface area contributed by atoms with Crippen LogP contribution in [0.1, 0.15) is 15.9 Å². The first-order chi connectivity index (χ1) is 9.56. The largest absolute Gasteiger partial charge is 0.381 e. The molecule has 3 N–H and O–H groups in total. The minimum atomic E-state index is -0.401. The molecule has 1 amide bonds. The number of carbonyl (C=O) groups excluding carboxylic acids is 1. The number of benzene rings is 2. The van der Waals surface area contributed by atoms with E-state index in [1.54, 1.807) is 6.07 Å². The summed E-state index contributed by atoms with van der Waals surface area (Å²) in [5, 5.41) is 3.34. The smallest absolute Gasteiger partial charge is 0.248 e. The summed E-state index contributed by atoms with van der Waals surface area (Å²) in [5.74, 6) is -0.401. The van der Waals surface area contributed by atoms with E-state index in [0.717, 1.165) is 16.9 Å². The van der Waals surface area contributed by atoms with Crippen LogP contribution in [0.25, 0.3) is 0 Å². The molecule has 0 spiro atoms. The highest BCUT2D eigenvalue weighted by Crippen LogP contribution is 2.18. The van der Waals surface area contributed by atoms with Crippen molar-refractivity contribution in [1.82, 2.24) is 0 Å². The molecule has 4 nitrogen and oxygen atoms in total. The van der Waals surface area contributed by atoms with Crippen molar-refractivity contribution in [3.8, 4) is 0 Å². The molecule has 2 aromatic carbocycles. The van der Waals surface area contributed by atoms with Crippen molar-refractivity contribution in [1.29, 1.82) is 0 Å². The molecule has 0 aliphatic carbocycles. The highest BCUT2D eigenvalue weighted by atomic mass is 16.1. The van der Waals surface area contributed by atoms with E-state index in [1.807, 2.05) is 44.4 Å². The van der Waals surface area contributed by atoms with Crippen LogP contribution in [0.3, 0.4) is 0 Å². The lowest BCUT2D eigenvalue weighted by Crippen LogP contribution is -2.11. The van der Waals surface area contributed by atoms with Crippen molar-refractivity contribution in [2.45, 2.75) is 6.54 Å². The second kappa shape index (κ2) is 6.10. The van der Waals surface area contributed by atoms with Crippen LogP contribution in [0, 0.1) is 0 Å². The standard InChI is InChI=1S/C16H19N3O/c1-19(2)15-8-4-7-14(10-15)18-11-12-5-3-6-13(9-12)16(17)20/h3-10,18H,11H2,1-2H3,(H2,17,20). The summed E-state index contributed by atoms with van der Waals surface area (Å²) in [4.78, 5) is 13.2. The van der Waals surface area contributed by atoms with Crippen molar-refractivity contribution >= 4 is 17.3 Å². The molecule has 0 aliphatic heterocycles. The first kappa shape index (κ1) is 13.9. The van der Waals surface area contributed by atoms with E-state index in [1.165, 1.54) is 0 Å². The average molecular weight is 269 g/mol. The van der Waals surface area contributed by atoms with Gasteiger partial charge in [0.25, 0.3) is 0 Å². The second-order valence-corrected chi connectivity index (χ2v) is 4.86. The van der Waals surface area contributed by atoms with Crippen molar-refractivity contribution in [3.05, 3.63) is 59.7 Å². The maximum atomic E-state index is 11.1. The van der Waals surface area contributed by atoms with Gasteiger partial charge in [-0.15, -0.1) is 0 Å². The highest BCUT2D eigenvalue weighted by Gasteiger charge is 2.02. The zero-order chi connectivity index (χ0) is 14.5. The van der Waals surface area contributed by atoms with Crippen LogP contribution in [0.15, 0.2) is 48.5 Å². The van der Waals surface area contributed by atoms with E-state index in [2.05, 4.69) is 22.3 Å². The van der Waals surface area contributed by atoms with Gasteiger partial charge in [-0.25, -0.2) is 0 Å². The van der Waals surface area contributed by atoms with Gasteiger partial charge in [-0.05, 0) is 35.9 Å². The fourth-order valence-electron chi connectivity index (χ4n) is 1.93. The Hall–Kier alpha value is -2.49. The summed E-state index contributed by atoms with van der Waals surface area (Å²) in [7, 11) is 4.02. The van der Waals surface area contributed by atoms with Crippen molar-refractivity contribution in [3.63, 3.8) is 0 Å². The van der Waals surface area contributed by atoms with Crippen LogP contribution in [0.5, 0.6) is 0 Å². The lowest BCUT2D eigenvalue weighted by Gasteiger charge is -2.14. The van der Waals surface area contributed by atoms with Crippen LogP contribution in [-0.4, -0.2) is 20.0 Å². The molecule has 0 aromatic heterocycles. The van der Waals surface area contributed by atoms with E-state index >= 15 is 0 Å². The SMILES string of the molecule is CN(C)c1cccc(NCc2cccc(C(N)=O)c2)c1. The fraction of sp³-hybridized carbons (Fsp3) is 0.188. The molecule has 0 bridgehead atoms. The van der Waals surface area contributed by atoms with E-state index < -0.39 is 5.91 Å². The summed E-state index contributed by atoms with van der Waals surface area (Å²) in [6.07, 6.45) is 0. The Bertz CT molecular complexity index is 608. The van der Waals surface area contributed by atoms with E-state index in [4.69, 9.17) is 5.73 Å². The summed E-state index contributed by atoms with van der Waals surface area (Å²) >= 11 is 0. The maximum absolute atomic E-state index is 11.1. The van der Waals surface area contributed by atoms with Crippen LogP contribution in [-0.2, 0) is 6.54 Å². The number of anilines is 2. The predicted octanol–water partition coefficient (Wildman–Crippen LogP) is 2.46. The van der Waals surface area contributed by atoms with Gasteiger partial charge >= 0.3 is 0 Å². The minimum absolute atomic E-state index is 0.401. The lowest BCUT2D eigenvalue weighted by atomic mass is 10.1. The number of primary amides is 1. The van der Waals surface area contributed by atoms with Gasteiger partial charge < -0.3 is 16.0 Å². The van der Waals surface area contributed by atoms with E-state index in [9.17, 15) is 4.79 Å². The Balaban J connectivity index is 2.07. The molecular weight excluding hydrogens is 250 g/mol. The Morgan fingerprint density at radius 2 is 1.90 bits per heavy atom. The summed E-state index contributed by atoms with van der Waals surface area (Å²) in [5.41, 5.74) is 9.02. The van der Waals surface area contributed by atoms with Gasteiger partial charge in [0.05, 0.1) is 0 Å². The van der Waals surface area contributed by atoms with Crippen molar-refractivity contribution in [2.24, 2.45) is 5.73 Å². The number of nitrogens with two attached hydrogens (primary N) is 1. The molecule has 0 unspecified atom stereocenters. The molecule has 104 valence electrons. The third-order valence-electron chi connectivity index (χ3n) is 3.07. The highest BCUT2D eigenvalue weighted by molar-refractivity contribution is 5.92. The predicted molar refractivity (Wildman–Crippen MR) is 83.1 cm³/mol. The molecule has 2 aromatic rings. The van der Waals surface area contributed by atoms with Gasteiger partial charge in [0.2, 0.25) is 5.91 Å². The monoisotopic (exact) mass is 269 g/mol. The molecule has 0 radical (unpaired) electrons. The molecule has 0 saturated heterocycles. The number of nitrogens with one attached hydrogen (secondary N) is 1. The summed E-state index contributed by atoms with van der Waals surface area (Å²) < 4.78 is 0. The molecule has 0 heterocycles. The Kier molecular flexibility index (Phi) is 4.25. The normalized spacial score (nSPS) is 10.1. The van der Waals surface area contributed by atoms with Crippen LogP contribution < -0.4 is 16.0 Å². The zero-order valence-electron chi connectivity index (χ0n) is 11.8. The summed E-state index contributed by atoms with van der Waals surface area (Å²) in [6.45, 7) is 0.651. The Morgan fingerprint density at radius 1 is 1.15 bits per heavy atom. The zero-order valence-corrected chi connectivity index (χ0v) is 11.8. The third kappa shape index (κ3) is 3.51. The molecular formula is C16H19N3O. The number of hydrogen-bond acceptors (Lipinski definition) is 3. The van der Waals surface area contributed by atoms with E-state index in [-0.39, 0.29) is 0 Å². The van der Waals surface area contributed by atoms with Gasteiger partial charge in [-0.3, -0.25) is 4.79 Å². The van der Waals surface area contributed by atoms with Crippen molar-refractivity contribution in [2.75, 3.05) is 24.3 Å². The number of rotatable bonds is 5. The second-order valence-electron chi connectivity index (χ2n) is 4.86. The molecule has 0 fully saturated rings. The molecule has 0 aliphatic rings. The quantitative estimate of drug-likeness (QED) is 0.876. The van der Waals surface area contributed by atoms with E-state index in [0.29, 0.717) is 12.1 Å². The van der Waals surface area contributed by atoms with Gasteiger partial charge in [0.15, 0.2) is 0 Å². The Morgan fingerprint density at radius 3 is 2.60 bits per heavy atom. The number of carbonyl (C=O) groups is 1. The number of nitrogens with zero attached hydrogens (tertiary/aromatic N) is 1. The van der Waals surface area contributed by atoms with Gasteiger partial charge in [-0.2, -0.15) is 0 Å². The average Bonchev–Trinajstić information content (AvgIpc) is 2.45. The number of amides is 1. The number of hydrogen-bond donors (Lipinski definition) is 2. The van der Waals surface area contributed by atoms with Gasteiger partial charge in [-0.1, -0.05) is 18.2 Å². The Labute approximate surface area is 119 Å². The van der Waals surface area contributed by atoms with Gasteiger partial charge in [0, 0.05) is 37.6 Å². The molecule has 20 heavy (non-hydrogen) atoms. The molecule has 0 saturated carbocycles. The maximum Gasteiger partial charge on any atom is 0.248 e. The molecule has 4 heteroatoms.